The van der Waals surface area contributed by atoms with E-state index in [9.17, 15) is 0 Å². The molecule has 0 aliphatic carbocycles. The predicted molar refractivity (Wildman–Crippen MR) is 66.3 cm³/mol. The zero-order valence-corrected chi connectivity index (χ0v) is 10.5. The summed E-state index contributed by atoms with van der Waals surface area (Å²) in [6.45, 7) is 4.39. The Balaban J connectivity index is 2.77. The summed E-state index contributed by atoms with van der Waals surface area (Å²) in [5, 5.41) is 9.52. The fourth-order valence-electron chi connectivity index (χ4n) is 1.08. The average molecular weight is 240 g/mol. The van der Waals surface area contributed by atoms with Gasteiger partial charge in [-0.15, -0.1) is 11.8 Å². The maximum atomic E-state index is 8.97. The molecule has 0 aliphatic rings. The summed E-state index contributed by atoms with van der Waals surface area (Å²) in [7, 11) is 0. The van der Waals surface area contributed by atoms with Crippen molar-refractivity contribution in [2.75, 3.05) is 5.75 Å². The van der Waals surface area contributed by atoms with Gasteiger partial charge in [-0.05, 0) is 18.1 Å². The summed E-state index contributed by atoms with van der Waals surface area (Å²) >= 11 is 7.65. The van der Waals surface area contributed by atoms with Crippen LogP contribution in [0.3, 0.4) is 0 Å². The molecule has 0 saturated carbocycles. The lowest BCUT2D eigenvalue weighted by Gasteiger charge is -2.09. The second kappa shape index (κ2) is 6.05. The Labute approximate surface area is 100 Å². The van der Waals surface area contributed by atoms with E-state index in [1.165, 1.54) is 0 Å². The third kappa shape index (κ3) is 3.44. The smallest absolute Gasteiger partial charge is 0.102 e. The Morgan fingerprint density at radius 3 is 2.87 bits per heavy atom. The molecule has 0 fully saturated rings. The number of thioether (sulfide) groups is 1. The summed E-state index contributed by atoms with van der Waals surface area (Å²) < 4.78 is 0. The quantitative estimate of drug-likeness (QED) is 0.730. The number of halogens is 1. The van der Waals surface area contributed by atoms with E-state index in [1.807, 2.05) is 12.1 Å². The maximum absolute atomic E-state index is 8.97. The van der Waals surface area contributed by atoms with E-state index >= 15 is 0 Å². The van der Waals surface area contributed by atoms with Gasteiger partial charge < -0.3 is 0 Å². The van der Waals surface area contributed by atoms with E-state index < -0.39 is 0 Å². The first-order valence-corrected chi connectivity index (χ1v) is 6.36. The fraction of sp³-hybridized carbons (Fsp3) is 0.417. The predicted octanol–water partition coefficient (Wildman–Crippen LogP) is 4.35. The molecule has 0 amide bonds. The fourth-order valence-corrected chi connectivity index (χ4v) is 2.53. The highest BCUT2D eigenvalue weighted by Gasteiger charge is 2.08. The molecular weight excluding hydrogens is 226 g/mol. The van der Waals surface area contributed by atoms with E-state index in [0.717, 1.165) is 17.1 Å². The van der Waals surface area contributed by atoms with Crippen LogP contribution in [0.2, 0.25) is 5.02 Å². The van der Waals surface area contributed by atoms with E-state index in [-0.39, 0.29) is 0 Å². The van der Waals surface area contributed by atoms with Crippen LogP contribution >= 0.6 is 23.4 Å². The molecule has 1 aromatic rings. The maximum Gasteiger partial charge on any atom is 0.102 e. The van der Waals surface area contributed by atoms with Gasteiger partial charge in [0.2, 0.25) is 0 Å². The molecule has 0 aromatic heterocycles. The third-order valence-electron chi connectivity index (χ3n) is 2.31. The van der Waals surface area contributed by atoms with Crippen LogP contribution in [0.5, 0.6) is 0 Å². The highest BCUT2D eigenvalue weighted by Crippen LogP contribution is 2.29. The molecule has 80 valence electrons. The molecular formula is C12H14ClNS. The van der Waals surface area contributed by atoms with Gasteiger partial charge in [0.1, 0.15) is 6.07 Å². The van der Waals surface area contributed by atoms with Crippen LogP contribution in [0.15, 0.2) is 23.1 Å². The first kappa shape index (κ1) is 12.4. The monoisotopic (exact) mass is 239 g/mol. The first-order valence-electron chi connectivity index (χ1n) is 5.00. The largest absolute Gasteiger partial charge is 0.192 e. The Bertz CT molecular complexity index is 370. The molecule has 1 unspecified atom stereocenters. The van der Waals surface area contributed by atoms with Crippen molar-refractivity contribution in [3.05, 3.63) is 28.8 Å². The SMILES string of the molecule is CCC(C)CSc1cccc(Cl)c1C#N. The van der Waals surface area contributed by atoms with Gasteiger partial charge >= 0.3 is 0 Å². The van der Waals surface area contributed by atoms with Crippen molar-refractivity contribution >= 4 is 23.4 Å². The molecule has 15 heavy (non-hydrogen) atoms. The molecule has 0 heterocycles. The number of nitrogens with zero attached hydrogens (tertiary/aromatic N) is 1. The van der Waals surface area contributed by atoms with Gasteiger partial charge in [-0.1, -0.05) is 37.9 Å². The van der Waals surface area contributed by atoms with Gasteiger partial charge in [0.05, 0.1) is 10.6 Å². The van der Waals surface area contributed by atoms with E-state index in [0.29, 0.717) is 16.5 Å². The lowest BCUT2D eigenvalue weighted by molar-refractivity contribution is 0.637. The molecule has 0 spiro atoms. The second-order valence-corrected chi connectivity index (χ2v) is 5.02. The molecule has 0 N–H and O–H groups in total. The highest BCUT2D eigenvalue weighted by molar-refractivity contribution is 7.99. The summed E-state index contributed by atoms with van der Waals surface area (Å²) in [6.07, 6.45) is 1.16. The second-order valence-electron chi connectivity index (χ2n) is 3.55. The van der Waals surface area contributed by atoms with Crippen molar-refractivity contribution in [1.29, 1.82) is 5.26 Å². The summed E-state index contributed by atoms with van der Waals surface area (Å²) in [5.74, 6) is 1.70. The van der Waals surface area contributed by atoms with Gasteiger partial charge in [0.15, 0.2) is 0 Å². The van der Waals surface area contributed by atoms with Crippen molar-refractivity contribution in [3.8, 4) is 6.07 Å². The van der Waals surface area contributed by atoms with Crippen LogP contribution in [0.25, 0.3) is 0 Å². The number of nitriles is 1. The Morgan fingerprint density at radius 1 is 1.53 bits per heavy atom. The number of hydrogen-bond donors (Lipinski definition) is 0. The minimum absolute atomic E-state index is 0.548. The van der Waals surface area contributed by atoms with Crippen LogP contribution in [0.4, 0.5) is 0 Å². The molecule has 1 aromatic carbocycles. The summed E-state index contributed by atoms with van der Waals surface area (Å²) in [5.41, 5.74) is 0.604. The lowest BCUT2D eigenvalue weighted by atomic mass is 10.2. The molecule has 1 atom stereocenters. The van der Waals surface area contributed by atoms with Gasteiger partial charge in [0.25, 0.3) is 0 Å². The molecule has 1 rings (SSSR count). The Morgan fingerprint density at radius 2 is 2.27 bits per heavy atom. The van der Waals surface area contributed by atoms with Gasteiger partial charge in [-0.2, -0.15) is 5.26 Å². The Hall–Kier alpha value is -0.650. The third-order valence-corrected chi connectivity index (χ3v) is 4.01. The minimum Gasteiger partial charge on any atom is -0.192 e. The van der Waals surface area contributed by atoms with Crippen molar-refractivity contribution in [2.24, 2.45) is 5.92 Å². The minimum atomic E-state index is 0.548. The summed E-state index contributed by atoms with van der Waals surface area (Å²) in [6, 6.07) is 7.76. The molecule has 3 heteroatoms. The van der Waals surface area contributed by atoms with Gasteiger partial charge in [0, 0.05) is 10.6 Å². The Kier molecular flexibility index (Phi) is 5.01. The van der Waals surface area contributed by atoms with Crippen LogP contribution in [-0.4, -0.2) is 5.75 Å². The van der Waals surface area contributed by atoms with Crippen LogP contribution in [0.1, 0.15) is 25.8 Å². The van der Waals surface area contributed by atoms with Crippen molar-refractivity contribution in [1.82, 2.24) is 0 Å². The lowest BCUT2D eigenvalue weighted by Crippen LogP contribution is -1.96. The molecule has 0 aliphatic heterocycles. The standard InChI is InChI=1S/C12H14ClNS/c1-3-9(2)8-15-12-6-4-5-11(13)10(12)7-14/h4-6,9H,3,8H2,1-2H3. The highest BCUT2D eigenvalue weighted by atomic mass is 35.5. The van der Waals surface area contributed by atoms with E-state index in [2.05, 4.69) is 19.9 Å². The van der Waals surface area contributed by atoms with Gasteiger partial charge in [-0.25, -0.2) is 0 Å². The first-order chi connectivity index (χ1) is 7.19. The summed E-state index contributed by atoms with van der Waals surface area (Å²) in [4.78, 5) is 0.991. The van der Waals surface area contributed by atoms with Crippen molar-refractivity contribution in [3.63, 3.8) is 0 Å². The zero-order chi connectivity index (χ0) is 11.3. The molecule has 0 bridgehead atoms. The topological polar surface area (TPSA) is 23.8 Å². The number of rotatable bonds is 4. The molecule has 0 radical (unpaired) electrons. The average Bonchev–Trinajstić information content (AvgIpc) is 2.25. The van der Waals surface area contributed by atoms with Crippen LogP contribution < -0.4 is 0 Å². The number of benzene rings is 1. The molecule has 0 saturated heterocycles. The van der Waals surface area contributed by atoms with E-state index in [4.69, 9.17) is 16.9 Å². The van der Waals surface area contributed by atoms with Crippen LogP contribution in [0, 0.1) is 17.2 Å². The molecule has 1 nitrogen and oxygen atoms in total. The van der Waals surface area contributed by atoms with Crippen molar-refractivity contribution in [2.45, 2.75) is 25.2 Å². The number of hydrogen-bond acceptors (Lipinski definition) is 2. The van der Waals surface area contributed by atoms with E-state index in [1.54, 1.807) is 17.8 Å². The zero-order valence-electron chi connectivity index (χ0n) is 8.96. The normalized spacial score (nSPS) is 12.1. The van der Waals surface area contributed by atoms with Crippen LogP contribution in [-0.2, 0) is 0 Å². The van der Waals surface area contributed by atoms with Crippen molar-refractivity contribution < 1.29 is 0 Å². The van der Waals surface area contributed by atoms with Gasteiger partial charge in [-0.3, -0.25) is 0 Å².